The summed E-state index contributed by atoms with van der Waals surface area (Å²) in [6, 6.07) is 37.7. The van der Waals surface area contributed by atoms with Gasteiger partial charge in [-0.25, -0.2) is 4.79 Å². The molecular weight excluding hydrogens is 581 g/mol. The largest absolute Gasteiger partial charge is 0.481 e. The zero-order valence-electron chi connectivity index (χ0n) is 23.3. The summed E-state index contributed by atoms with van der Waals surface area (Å²) in [5.74, 6) is -0.970. The van der Waals surface area contributed by atoms with E-state index in [4.69, 9.17) is 27.9 Å². The Morgan fingerprint density at radius 1 is 0.674 bits per heavy atom. The minimum atomic E-state index is -1.12. The van der Waals surface area contributed by atoms with Crippen LogP contribution in [0.5, 0.6) is 5.75 Å². The molecule has 0 aliphatic carbocycles. The van der Waals surface area contributed by atoms with E-state index in [-0.39, 0.29) is 5.91 Å². The Balaban J connectivity index is 1.65. The van der Waals surface area contributed by atoms with Crippen LogP contribution in [-0.2, 0) is 17.8 Å². The molecule has 0 unspecified atom stereocenters. The first kappa shape index (κ1) is 29.9. The molecular formula is C36H29Cl2NO4. The summed E-state index contributed by atoms with van der Waals surface area (Å²) in [5, 5.41) is 10.5. The molecule has 0 saturated heterocycles. The average Bonchev–Trinajstić information content (AvgIpc) is 3.02. The Hall–Kier alpha value is -4.58. The summed E-state index contributed by atoms with van der Waals surface area (Å²) in [7, 11) is 0. The summed E-state index contributed by atoms with van der Waals surface area (Å²) in [6.07, 6.45) is 0.682. The van der Waals surface area contributed by atoms with Gasteiger partial charge in [-0.05, 0) is 65.1 Å². The zero-order chi connectivity index (χ0) is 30.2. The van der Waals surface area contributed by atoms with Gasteiger partial charge in [0.15, 0.2) is 6.61 Å². The predicted molar refractivity (Wildman–Crippen MR) is 172 cm³/mol. The van der Waals surface area contributed by atoms with Gasteiger partial charge >= 0.3 is 5.97 Å². The molecule has 0 bridgehead atoms. The SMILES string of the molecule is O=C(O)COc1c(-c2cccc(Cl)c2)cc(C(=O)N(CCc2ccccc2)Cc2ccccc2)cc1-c1cccc(Cl)c1. The van der Waals surface area contributed by atoms with Gasteiger partial charge in [-0.1, -0.05) is 108 Å². The topological polar surface area (TPSA) is 66.8 Å². The van der Waals surface area contributed by atoms with Crippen molar-refractivity contribution in [2.45, 2.75) is 13.0 Å². The monoisotopic (exact) mass is 609 g/mol. The highest BCUT2D eigenvalue weighted by Crippen LogP contribution is 2.42. The van der Waals surface area contributed by atoms with Gasteiger partial charge in [0.25, 0.3) is 5.91 Å². The van der Waals surface area contributed by atoms with Gasteiger partial charge in [-0.15, -0.1) is 0 Å². The van der Waals surface area contributed by atoms with Crippen molar-refractivity contribution >= 4 is 35.1 Å². The fraction of sp³-hybridized carbons (Fsp3) is 0.111. The van der Waals surface area contributed by atoms with Crippen LogP contribution in [0.1, 0.15) is 21.5 Å². The van der Waals surface area contributed by atoms with Crippen molar-refractivity contribution in [2.24, 2.45) is 0 Å². The number of amides is 1. The Kier molecular flexibility index (Phi) is 9.77. The van der Waals surface area contributed by atoms with Crippen molar-refractivity contribution < 1.29 is 19.4 Å². The number of carboxylic acids is 1. The second-order valence-electron chi connectivity index (χ2n) is 10.1. The van der Waals surface area contributed by atoms with Crippen LogP contribution in [0.2, 0.25) is 10.0 Å². The van der Waals surface area contributed by atoms with Gasteiger partial charge in [0, 0.05) is 39.8 Å². The first-order chi connectivity index (χ1) is 20.9. The van der Waals surface area contributed by atoms with E-state index < -0.39 is 12.6 Å². The standard InChI is InChI=1S/C36H29Cl2NO4/c37-30-15-7-13-27(19-30)32-21-29(22-33(35(32)43-24-34(40)41)28-14-8-16-31(38)20-28)36(42)39(23-26-11-5-2-6-12-26)18-17-25-9-3-1-4-10-25/h1-16,19-22H,17-18,23-24H2,(H,40,41). The molecule has 1 amide bonds. The van der Waals surface area contributed by atoms with Crippen molar-refractivity contribution in [1.29, 1.82) is 0 Å². The van der Waals surface area contributed by atoms with Gasteiger partial charge in [-0.2, -0.15) is 0 Å². The third-order valence-corrected chi connectivity index (χ3v) is 7.43. The number of ether oxygens (including phenoxy) is 1. The van der Waals surface area contributed by atoms with Crippen LogP contribution in [-0.4, -0.2) is 35.0 Å². The molecule has 0 saturated carbocycles. The maximum Gasteiger partial charge on any atom is 0.341 e. The van der Waals surface area contributed by atoms with Crippen molar-refractivity contribution in [3.05, 3.63) is 148 Å². The van der Waals surface area contributed by atoms with Gasteiger partial charge in [0.1, 0.15) is 5.75 Å². The van der Waals surface area contributed by atoms with Gasteiger partial charge in [-0.3, -0.25) is 4.79 Å². The van der Waals surface area contributed by atoms with Crippen LogP contribution >= 0.6 is 23.2 Å². The number of nitrogens with zero attached hydrogens (tertiary/aromatic N) is 1. The van der Waals surface area contributed by atoms with E-state index in [0.29, 0.717) is 63.1 Å². The van der Waals surface area contributed by atoms with Crippen LogP contribution in [0.3, 0.4) is 0 Å². The lowest BCUT2D eigenvalue weighted by Crippen LogP contribution is -2.32. The molecule has 0 aliphatic heterocycles. The normalized spacial score (nSPS) is 10.7. The van der Waals surface area contributed by atoms with Crippen molar-refractivity contribution in [1.82, 2.24) is 4.90 Å². The Morgan fingerprint density at radius 2 is 1.21 bits per heavy atom. The molecule has 0 radical (unpaired) electrons. The van der Waals surface area contributed by atoms with Crippen LogP contribution in [0.4, 0.5) is 0 Å². The molecule has 1 N–H and O–H groups in total. The number of benzene rings is 5. The summed E-state index contributed by atoms with van der Waals surface area (Å²) in [4.78, 5) is 27.8. The summed E-state index contributed by atoms with van der Waals surface area (Å²) >= 11 is 12.7. The minimum Gasteiger partial charge on any atom is -0.481 e. The number of carbonyl (C=O) groups is 2. The number of carbonyl (C=O) groups excluding carboxylic acids is 1. The molecule has 0 fully saturated rings. The minimum absolute atomic E-state index is 0.170. The van der Waals surface area contributed by atoms with Gasteiger partial charge in [0.2, 0.25) is 0 Å². The molecule has 0 spiro atoms. The molecule has 216 valence electrons. The first-order valence-corrected chi connectivity index (χ1v) is 14.5. The third-order valence-electron chi connectivity index (χ3n) is 6.96. The van der Waals surface area contributed by atoms with Gasteiger partial charge < -0.3 is 14.7 Å². The maximum atomic E-state index is 14.4. The Labute approximate surface area is 260 Å². The second-order valence-corrected chi connectivity index (χ2v) is 10.9. The molecule has 0 heterocycles. The van der Waals surface area contributed by atoms with Crippen molar-refractivity contribution in [3.63, 3.8) is 0 Å². The first-order valence-electron chi connectivity index (χ1n) is 13.8. The number of rotatable bonds is 11. The molecule has 5 rings (SSSR count). The van der Waals surface area contributed by atoms with Crippen molar-refractivity contribution in [2.75, 3.05) is 13.2 Å². The summed E-state index contributed by atoms with van der Waals surface area (Å²) < 4.78 is 5.90. The van der Waals surface area contributed by atoms with Crippen LogP contribution in [0, 0.1) is 0 Å². The van der Waals surface area contributed by atoms with Crippen LogP contribution < -0.4 is 4.74 Å². The number of hydrogen-bond donors (Lipinski definition) is 1. The second kappa shape index (κ2) is 14.1. The fourth-order valence-corrected chi connectivity index (χ4v) is 5.31. The lowest BCUT2D eigenvalue weighted by atomic mass is 9.93. The van der Waals surface area contributed by atoms with E-state index in [2.05, 4.69) is 0 Å². The number of hydrogen-bond acceptors (Lipinski definition) is 3. The highest BCUT2D eigenvalue weighted by atomic mass is 35.5. The van der Waals surface area contributed by atoms with Crippen LogP contribution in [0.15, 0.2) is 121 Å². The Bertz CT molecular complexity index is 1660. The van der Waals surface area contributed by atoms with Crippen LogP contribution in [0.25, 0.3) is 22.3 Å². The van der Waals surface area contributed by atoms with E-state index in [1.54, 1.807) is 48.5 Å². The molecule has 5 nitrogen and oxygen atoms in total. The van der Waals surface area contributed by atoms with E-state index in [1.807, 2.05) is 77.7 Å². The number of halogens is 2. The lowest BCUT2D eigenvalue weighted by Gasteiger charge is -2.25. The highest BCUT2D eigenvalue weighted by molar-refractivity contribution is 6.31. The molecule has 43 heavy (non-hydrogen) atoms. The third kappa shape index (κ3) is 7.83. The quantitative estimate of drug-likeness (QED) is 0.163. The van der Waals surface area contributed by atoms with E-state index >= 15 is 0 Å². The maximum absolute atomic E-state index is 14.4. The molecule has 0 aromatic heterocycles. The summed E-state index contributed by atoms with van der Waals surface area (Å²) in [6.45, 7) is 0.350. The van der Waals surface area contributed by atoms with Crippen molar-refractivity contribution in [3.8, 4) is 28.0 Å². The lowest BCUT2D eigenvalue weighted by molar-refractivity contribution is -0.139. The molecule has 7 heteroatoms. The van der Waals surface area contributed by atoms with E-state index in [0.717, 1.165) is 11.1 Å². The summed E-state index contributed by atoms with van der Waals surface area (Å²) in [5.41, 5.74) is 5.03. The molecule has 0 atom stereocenters. The number of carboxylic acid groups (broad SMARTS) is 1. The predicted octanol–water partition coefficient (Wildman–Crippen LogP) is 8.68. The van der Waals surface area contributed by atoms with E-state index in [9.17, 15) is 14.7 Å². The highest BCUT2D eigenvalue weighted by Gasteiger charge is 2.23. The molecule has 0 aliphatic rings. The Morgan fingerprint density at radius 3 is 1.72 bits per heavy atom. The number of aliphatic carboxylic acids is 1. The fourth-order valence-electron chi connectivity index (χ4n) is 4.93. The molecule has 5 aromatic carbocycles. The van der Waals surface area contributed by atoms with Gasteiger partial charge in [0.05, 0.1) is 0 Å². The zero-order valence-corrected chi connectivity index (χ0v) is 24.8. The van der Waals surface area contributed by atoms with E-state index in [1.165, 1.54) is 0 Å². The smallest absolute Gasteiger partial charge is 0.341 e. The average molecular weight is 611 g/mol. The molecule has 5 aromatic rings.